The highest BCUT2D eigenvalue weighted by Crippen LogP contribution is 2.14. The first-order chi connectivity index (χ1) is 9.31. The van der Waals surface area contributed by atoms with Gasteiger partial charge in [-0.2, -0.15) is 0 Å². The number of urea groups is 1. The van der Waals surface area contributed by atoms with Crippen molar-refractivity contribution in [2.45, 2.75) is 26.8 Å². The third kappa shape index (κ3) is 4.57. The molecule has 0 aliphatic heterocycles. The van der Waals surface area contributed by atoms with Gasteiger partial charge in [-0.3, -0.25) is 4.79 Å². The van der Waals surface area contributed by atoms with E-state index in [1.807, 2.05) is 38.1 Å². The Balaban J connectivity index is 2.59. The zero-order valence-electron chi connectivity index (χ0n) is 12.4. The number of carbonyl (C=O) groups excluding carboxylic acids is 1. The van der Waals surface area contributed by atoms with Crippen molar-refractivity contribution >= 4 is 12.0 Å². The first kappa shape index (κ1) is 16.0. The van der Waals surface area contributed by atoms with Crippen LogP contribution in [0.25, 0.3) is 0 Å². The van der Waals surface area contributed by atoms with Crippen molar-refractivity contribution in [2.75, 3.05) is 13.6 Å². The van der Waals surface area contributed by atoms with E-state index in [1.54, 1.807) is 14.0 Å². The first-order valence-corrected chi connectivity index (χ1v) is 6.62. The van der Waals surface area contributed by atoms with Crippen molar-refractivity contribution < 1.29 is 14.7 Å². The van der Waals surface area contributed by atoms with Crippen molar-refractivity contribution in [1.29, 1.82) is 0 Å². The van der Waals surface area contributed by atoms with Crippen LogP contribution in [0.4, 0.5) is 4.79 Å². The molecule has 110 valence electrons. The number of rotatable bonds is 5. The fraction of sp³-hybridized carbons (Fsp3) is 0.467. The third-order valence-corrected chi connectivity index (χ3v) is 3.20. The lowest BCUT2D eigenvalue weighted by atomic mass is 10.1. The summed E-state index contributed by atoms with van der Waals surface area (Å²) >= 11 is 0. The summed E-state index contributed by atoms with van der Waals surface area (Å²) in [7, 11) is 1.59. The fourth-order valence-corrected chi connectivity index (χ4v) is 1.89. The summed E-state index contributed by atoms with van der Waals surface area (Å²) in [5.41, 5.74) is 2.16. The minimum atomic E-state index is -0.906. The number of carbonyl (C=O) groups is 2. The molecule has 0 heterocycles. The van der Waals surface area contributed by atoms with Crippen molar-refractivity contribution in [3.05, 3.63) is 35.4 Å². The average Bonchev–Trinajstić information content (AvgIpc) is 2.38. The van der Waals surface area contributed by atoms with Gasteiger partial charge >= 0.3 is 12.0 Å². The highest BCUT2D eigenvalue weighted by Gasteiger charge is 2.18. The smallest absolute Gasteiger partial charge is 0.317 e. The van der Waals surface area contributed by atoms with Gasteiger partial charge in [-0.1, -0.05) is 36.8 Å². The van der Waals surface area contributed by atoms with Gasteiger partial charge in [-0.25, -0.2) is 4.79 Å². The van der Waals surface area contributed by atoms with E-state index in [0.29, 0.717) is 0 Å². The van der Waals surface area contributed by atoms with Gasteiger partial charge in [-0.05, 0) is 19.4 Å². The SMILES string of the molecule is Cc1cccc(C(C)NC(=O)N(C)CC(C)C(=O)O)c1. The van der Waals surface area contributed by atoms with E-state index < -0.39 is 11.9 Å². The number of carboxylic acids is 1. The summed E-state index contributed by atoms with van der Waals surface area (Å²) in [6.45, 7) is 5.66. The lowest BCUT2D eigenvalue weighted by Crippen LogP contribution is -2.41. The molecule has 0 bridgehead atoms. The summed E-state index contributed by atoms with van der Waals surface area (Å²) in [4.78, 5) is 24.2. The predicted molar refractivity (Wildman–Crippen MR) is 77.6 cm³/mol. The minimum Gasteiger partial charge on any atom is -0.481 e. The van der Waals surface area contributed by atoms with Gasteiger partial charge in [0.25, 0.3) is 0 Å². The van der Waals surface area contributed by atoms with Crippen LogP contribution in [0.5, 0.6) is 0 Å². The zero-order valence-corrected chi connectivity index (χ0v) is 12.4. The molecule has 20 heavy (non-hydrogen) atoms. The molecular formula is C15H22N2O3. The maximum atomic E-state index is 12.0. The van der Waals surface area contributed by atoms with Crippen molar-refractivity contribution in [3.63, 3.8) is 0 Å². The Labute approximate surface area is 119 Å². The fourth-order valence-electron chi connectivity index (χ4n) is 1.89. The molecule has 0 aliphatic carbocycles. The monoisotopic (exact) mass is 278 g/mol. The van der Waals surface area contributed by atoms with Gasteiger partial charge in [0.2, 0.25) is 0 Å². The number of hydrogen-bond acceptors (Lipinski definition) is 2. The normalized spacial score (nSPS) is 13.4. The second kappa shape index (κ2) is 6.93. The van der Waals surface area contributed by atoms with Gasteiger partial charge < -0.3 is 15.3 Å². The molecule has 5 nitrogen and oxygen atoms in total. The molecule has 1 aromatic carbocycles. The standard InChI is InChI=1S/C15H22N2O3/c1-10-6-5-7-13(8-10)12(3)16-15(20)17(4)9-11(2)14(18)19/h5-8,11-12H,9H2,1-4H3,(H,16,20)(H,18,19). The van der Waals surface area contributed by atoms with Crippen molar-refractivity contribution in [3.8, 4) is 0 Å². The quantitative estimate of drug-likeness (QED) is 0.869. The molecule has 1 aromatic rings. The van der Waals surface area contributed by atoms with Crippen LogP contribution in [0.2, 0.25) is 0 Å². The van der Waals surface area contributed by atoms with E-state index in [9.17, 15) is 9.59 Å². The Morgan fingerprint density at radius 3 is 2.55 bits per heavy atom. The molecule has 0 spiro atoms. The van der Waals surface area contributed by atoms with E-state index in [-0.39, 0.29) is 18.6 Å². The van der Waals surface area contributed by atoms with Crippen molar-refractivity contribution in [1.82, 2.24) is 10.2 Å². The van der Waals surface area contributed by atoms with Crippen LogP contribution in [0.15, 0.2) is 24.3 Å². The third-order valence-electron chi connectivity index (χ3n) is 3.20. The van der Waals surface area contributed by atoms with Gasteiger partial charge in [0.15, 0.2) is 0 Å². The molecule has 0 saturated heterocycles. The van der Waals surface area contributed by atoms with Crippen LogP contribution in [0.1, 0.15) is 31.0 Å². The van der Waals surface area contributed by atoms with Crippen LogP contribution in [0.3, 0.4) is 0 Å². The molecule has 1 rings (SSSR count). The molecule has 2 unspecified atom stereocenters. The summed E-state index contributed by atoms with van der Waals surface area (Å²) in [5.74, 6) is -1.49. The number of carboxylic acid groups (broad SMARTS) is 1. The second-order valence-electron chi connectivity index (χ2n) is 5.21. The molecule has 5 heteroatoms. The molecule has 0 fully saturated rings. The lowest BCUT2D eigenvalue weighted by molar-refractivity contribution is -0.141. The summed E-state index contributed by atoms with van der Waals surface area (Å²) in [5, 5.41) is 11.7. The van der Waals surface area contributed by atoms with E-state index in [1.165, 1.54) is 4.90 Å². The molecule has 2 atom stereocenters. The maximum Gasteiger partial charge on any atom is 0.317 e. The van der Waals surface area contributed by atoms with Gasteiger partial charge in [-0.15, -0.1) is 0 Å². The highest BCUT2D eigenvalue weighted by atomic mass is 16.4. The number of amides is 2. The molecular weight excluding hydrogens is 256 g/mol. The Bertz CT molecular complexity index is 488. The average molecular weight is 278 g/mol. The van der Waals surface area contributed by atoms with Crippen molar-refractivity contribution in [2.24, 2.45) is 5.92 Å². The largest absolute Gasteiger partial charge is 0.481 e. The topological polar surface area (TPSA) is 69.6 Å². The summed E-state index contributed by atoms with van der Waals surface area (Å²) < 4.78 is 0. The van der Waals surface area contributed by atoms with Crippen LogP contribution in [0, 0.1) is 12.8 Å². The van der Waals surface area contributed by atoms with E-state index in [4.69, 9.17) is 5.11 Å². The molecule has 0 radical (unpaired) electrons. The molecule has 0 aromatic heterocycles. The van der Waals surface area contributed by atoms with E-state index >= 15 is 0 Å². The highest BCUT2D eigenvalue weighted by molar-refractivity contribution is 5.76. The minimum absolute atomic E-state index is 0.120. The number of aliphatic carboxylic acids is 1. The van der Waals surface area contributed by atoms with E-state index in [2.05, 4.69) is 5.32 Å². The number of benzene rings is 1. The Kier molecular flexibility index (Phi) is 5.55. The number of nitrogens with zero attached hydrogens (tertiary/aromatic N) is 1. The van der Waals surface area contributed by atoms with Crippen LogP contribution < -0.4 is 5.32 Å². The van der Waals surface area contributed by atoms with E-state index in [0.717, 1.165) is 11.1 Å². The summed E-state index contributed by atoms with van der Waals surface area (Å²) in [6, 6.07) is 7.53. The van der Waals surface area contributed by atoms with Gasteiger partial charge in [0.1, 0.15) is 0 Å². The zero-order chi connectivity index (χ0) is 15.3. The summed E-state index contributed by atoms with van der Waals surface area (Å²) in [6.07, 6.45) is 0. The number of hydrogen-bond donors (Lipinski definition) is 2. The van der Waals surface area contributed by atoms with Crippen LogP contribution in [-0.2, 0) is 4.79 Å². The molecule has 2 amide bonds. The predicted octanol–water partition coefficient (Wildman–Crippen LogP) is 2.42. The molecule has 0 saturated carbocycles. The number of aryl methyl sites for hydroxylation is 1. The number of nitrogens with one attached hydrogen (secondary N) is 1. The van der Waals surface area contributed by atoms with Gasteiger partial charge in [0, 0.05) is 13.6 Å². The Hall–Kier alpha value is -2.04. The first-order valence-electron chi connectivity index (χ1n) is 6.62. The van der Waals surface area contributed by atoms with Crippen LogP contribution >= 0.6 is 0 Å². The molecule has 2 N–H and O–H groups in total. The molecule has 0 aliphatic rings. The maximum absolute atomic E-state index is 12.0. The van der Waals surface area contributed by atoms with Crippen LogP contribution in [-0.4, -0.2) is 35.6 Å². The Morgan fingerprint density at radius 2 is 2.00 bits per heavy atom. The second-order valence-corrected chi connectivity index (χ2v) is 5.21. The Morgan fingerprint density at radius 1 is 1.35 bits per heavy atom. The lowest BCUT2D eigenvalue weighted by Gasteiger charge is -2.23. The van der Waals surface area contributed by atoms with Gasteiger partial charge in [0.05, 0.1) is 12.0 Å².